The van der Waals surface area contributed by atoms with Gasteiger partial charge >= 0.3 is 11.9 Å². The number of esters is 1. The molecule has 0 aromatic rings. The largest absolute Gasteiger partial charge is 0.481 e. The third-order valence-electron chi connectivity index (χ3n) is 4.74. The van der Waals surface area contributed by atoms with Gasteiger partial charge in [0.2, 0.25) is 5.91 Å². The molecule has 22 heavy (non-hydrogen) atoms. The van der Waals surface area contributed by atoms with Crippen LogP contribution in [0.4, 0.5) is 0 Å². The van der Waals surface area contributed by atoms with Gasteiger partial charge in [0, 0.05) is 6.54 Å². The maximum atomic E-state index is 12.8. The van der Waals surface area contributed by atoms with Crippen molar-refractivity contribution in [3.8, 4) is 0 Å². The standard InChI is InChI=1S/C16H25NO5/c1-2-22-16(21)13-9-5-6-10-17(13)14(18)11-7-3-4-8-12(11)15(19)20/h11-13H,2-10H2,1H3,(H,19,20). The van der Waals surface area contributed by atoms with Crippen LogP contribution in [0.15, 0.2) is 0 Å². The van der Waals surface area contributed by atoms with Gasteiger partial charge in [0.25, 0.3) is 0 Å². The van der Waals surface area contributed by atoms with Gasteiger partial charge in [-0.3, -0.25) is 9.59 Å². The van der Waals surface area contributed by atoms with Crippen LogP contribution in [-0.4, -0.2) is 47.0 Å². The van der Waals surface area contributed by atoms with Gasteiger partial charge in [-0.15, -0.1) is 0 Å². The maximum absolute atomic E-state index is 12.8. The van der Waals surface area contributed by atoms with Crippen molar-refractivity contribution in [1.29, 1.82) is 0 Å². The molecule has 0 spiro atoms. The smallest absolute Gasteiger partial charge is 0.328 e. The highest BCUT2D eigenvalue weighted by Gasteiger charge is 2.42. The number of piperidine rings is 1. The summed E-state index contributed by atoms with van der Waals surface area (Å²) in [6.45, 7) is 2.55. The van der Waals surface area contributed by atoms with Gasteiger partial charge in [0.1, 0.15) is 6.04 Å². The second kappa shape index (κ2) is 7.61. The SMILES string of the molecule is CCOC(=O)C1CCCCN1C(=O)C1CCCCC1C(=O)O. The number of carbonyl (C=O) groups excluding carboxylic acids is 2. The fourth-order valence-corrected chi connectivity index (χ4v) is 3.61. The number of likely N-dealkylation sites (tertiary alicyclic amines) is 1. The van der Waals surface area contributed by atoms with Gasteiger partial charge in [-0.2, -0.15) is 0 Å². The molecule has 0 radical (unpaired) electrons. The zero-order valence-corrected chi connectivity index (χ0v) is 13.1. The predicted molar refractivity (Wildman–Crippen MR) is 79.1 cm³/mol. The van der Waals surface area contributed by atoms with Gasteiger partial charge in [0.05, 0.1) is 18.4 Å². The summed E-state index contributed by atoms with van der Waals surface area (Å²) in [5, 5.41) is 9.35. The molecule has 124 valence electrons. The monoisotopic (exact) mass is 311 g/mol. The van der Waals surface area contributed by atoms with E-state index in [1.807, 2.05) is 0 Å². The molecule has 1 saturated heterocycles. The molecule has 1 heterocycles. The van der Waals surface area contributed by atoms with E-state index in [9.17, 15) is 19.5 Å². The van der Waals surface area contributed by atoms with Crippen molar-refractivity contribution in [2.24, 2.45) is 11.8 Å². The van der Waals surface area contributed by atoms with Crippen LogP contribution in [0, 0.1) is 11.8 Å². The Morgan fingerprint density at radius 3 is 2.32 bits per heavy atom. The zero-order chi connectivity index (χ0) is 16.1. The van der Waals surface area contributed by atoms with Crippen molar-refractivity contribution < 1.29 is 24.2 Å². The lowest BCUT2D eigenvalue weighted by molar-refractivity contribution is -0.161. The fourth-order valence-electron chi connectivity index (χ4n) is 3.61. The Morgan fingerprint density at radius 1 is 1.05 bits per heavy atom. The molecule has 6 heteroatoms. The van der Waals surface area contributed by atoms with E-state index in [-0.39, 0.29) is 11.9 Å². The Kier molecular flexibility index (Phi) is 5.80. The molecule has 3 atom stereocenters. The molecule has 6 nitrogen and oxygen atoms in total. The Bertz CT molecular complexity index is 436. The summed E-state index contributed by atoms with van der Waals surface area (Å²) in [6.07, 6.45) is 5.22. The van der Waals surface area contributed by atoms with E-state index in [2.05, 4.69) is 0 Å². The normalized spacial score (nSPS) is 29.0. The summed E-state index contributed by atoms with van der Waals surface area (Å²) in [5.74, 6) is -2.56. The third kappa shape index (κ3) is 3.59. The van der Waals surface area contributed by atoms with Crippen LogP contribution in [0.5, 0.6) is 0 Å². The molecule has 1 saturated carbocycles. The highest BCUT2D eigenvalue weighted by Crippen LogP contribution is 2.33. The summed E-state index contributed by atoms with van der Waals surface area (Å²) in [7, 11) is 0. The second-order valence-corrected chi connectivity index (χ2v) is 6.13. The molecule has 1 aliphatic heterocycles. The fraction of sp³-hybridized carbons (Fsp3) is 0.812. The summed E-state index contributed by atoms with van der Waals surface area (Å²) < 4.78 is 5.07. The molecule has 3 unspecified atom stereocenters. The van der Waals surface area contributed by atoms with Crippen LogP contribution in [0.3, 0.4) is 0 Å². The molecule has 0 aromatic carbocycles. The van der Waals surface area contributed by atoms with E-state index in [1.165, 1.54) is 0 Å². The lowest BCUT2D eigenvalue weighted by Crippen LogP contribution is -2.52. The zero-order valence-electron chi connectivity index (χ0n) is 13.1. The molecule has 2 aliphatic rings. The van der Waals surface area contributed by atoms with Gasteiger partial charge in [-0.25, -0.2) is 4.79 Å². The van der Waals surface area contributed by atoms with Crippen molar-refractivity contribution in [2.45, 2.75) is 57.9 Å². The predicted octanol–water partition coefficient (Wildman–Crippen LogP) is 1.82. The molecule has 1 N–H and O–H groups in total. The van der Waals surface area contributed by atoms with E-state index < -0.39 is 23.8 Å². The molecule has 2 rings (SSSR count). The minimum absolute atomic E-state index is 0.176. The molecule has 1 aliphatic carbocycles. The first-order valence-corrected chi connectivity index (χ1v) is 8.26. The number of ether oxygens (including phenoxy) is 1. The average molecular weight is 311 g/mol. The van der Waals surface area contributed by atoms with E-state index >= 15 is 0 Å². The van der Waals surface area contributed by atoms with E-state index in [0.717, 1.165) is 25.7 Å². The van der Waals surface area contributed by atoms with Crippen LogP contribution in [0.25, 0.3) is 0 Å². The number of aliphatic carboxylic acids is 1. The van der Waals surface area contributed by atoms with Crippen LogP contribution in [0.1, 0.15) is 51.9 Å². The van der Waals surface area contributed by atoms with Crippen molar-refractivity contribution in [1.82, 2.24) is 4.90 Å². The van der Waals surface area contributed by atoms with Crippen molar-refractivity contribution in [3.05, 3.63) is 0 Å². The first-order chi connectivity index (χ1) is 10.6. The number of hydrogen-bond acceptors (Lipinski definition) is 4. The highest BCUT2D eigenvalue weighted by molar-refractivity contribution is 5.89. The molecule has 0 bridgehead atoms. The third-order valence-corrected chi connectivity index (χ3v) is 4.74. The van der Waals surface area contributed by atoms with Crippen LogP contribution < -0.4 is 0 Å². The van der Waals surface area contributed by atoms with Crippen LogP contribution >= 0.6 is 0 Å². The number of hydrogen-bond donors (Lipinski definition) is 1. The summed E-state index contributed by atoms with van der Waals surface area (Å²) in [5.41, 5.74) is 0. The molecular formula is C16H25NO5. The maximum Gasteiger partial charge on any atom is 0.328 e. The quantitative estimate of drug-likeness (QED) is 0.801. The topological polar surface area (TPSA) is 83.9 Å². The Morgan fingerprint density at radius 2 is 1.68 bits per heavy atom. The minimum atomic E-state index is -0.900. The number of carboxylic acids is 1. The molecular weight excluding hydrogens is 286 g/mol. The van der Waals surface area contributed by atoms with Gasteiger partial charge in [-0.1, -0.05) is 12.8 Å². The first kappa shape index (κ1) is 16.8. The number of rotatable bonds is 4. The van der Waals surface area contributed by atoms with E-state index in [1.54, 1.807) is 11.8 Å². The lowest BCUT2D eigenvalue weighted by Gasteiger charge is -2.38. The molecule has 2 fully saturated rings. The Hall–Kier alpha value is -1.59. The average Bonchev–Trinajstić information content (AvgIpc) is 2.54. The number of carbonyl (C=O) groups is 3. The number of carboxylic acid groups (broad SMARTS) is 1. The molecule has 0 aromatic heterocycles. The van der Waals surface area contributed by atoms with Gasteiger partial charge in [0.15, 0.2) is 0 Å². The lowest BCUT2D eigenvalue weighted by atomic mass is 9.78. The van der Waals surface area contributed by atoms with Crippen molar-refractivity contribution in [2.75, 3.05) is 13.2 Å². The van der Waals surface area contributed by atoms with Crippen molar-refractivity contribution >= 4 is 17.8 Å². The van der Waals surface area contributed by atoms with Crippen LogP contribution in [-0.2, 0) is 19.1 Å². The summed E-state index contributed by atoms with van der Waals surface area (Å²) in [4.78, 5) is 37.9. The van der Waals surface area contributed by atoms with Crippen LogP contribution in [0.2, 0.25) is 0 Å². The van der Waals surface area contributed by atoms with Gasteiger partial charge < -0.3 is 14.7 Å². The number of nitrogens with zero attached hydrogens (tertiary/aromatic N) is 1. The number of amides is 1. The molecule has 1 amide bonds. The second-order valence-electron chi connectivity index (χ2n) is 6.13. The van der Waals surface area contributed by atoms with E-state index in [0.29, 0.717) is 32.4 Å². The summed E-state index contributed by atoms with van der Waals surface area (Å²) >= 11 is 0. The Balaban J connectivity index is 2.13. The Labute approximate surface area is 130 Å². The highest BCUT2D eigenvalue weighted by atomic mass is 16.5. The van der Waals surface area contributed by atoms with E-state index in [4.69, 9.17) is 4.74 Å². The van der Waals surface area contributed by atoms with Crippen molar-refractivity contribution in [3.63, 3.8) is 0 Å². The minimum Gasteiger partial charge on any atom is -0.481 e. The first-order valence-electron chi connectivity index (χ1n) is 8.26. The summed E-state index contributed by atoms with van der Waals surface area (Å²) in [6, 6.07) is -0.544. The van der Waals surface area contributed by atoms with Gasteiger partial charge in [-0.05, 0) is 39.0 Å².